The predicted molar refractivity (Wildman–Crippen MR) is 116 cm³/mol. The largest absolute Gasteiger partial charge is 0.486 e. The lowest BCUT2D eigenvalue weighted by Gasteiger charge is -2.13. The third kappa shape index (κ3) is 6.31. The molecule has 0 aliphatic carbocycles. The number of benzene rings is 2. The molecule has 0 atom stereocenters. The number of alkyl halides is 6. The monoisotopic (exact) mass is 517 g/mol. The average molecular weight is 517 g/mol. The number of imidazole rings is 1. The van der Waals surface area contributed by atoms with Crippen molar-refractivity contribution < 1.29 is 39.5 Å². The minimum atomic E-state index is -4.71. The maximum atomic E-state index is 13.2. The fourth-order valence-electron chi connectivity index (χ4n) is 2.98. The number of nitrogens with one attached hydrogen (secondary N) is 1. The molecular formula is C22H17F6N3O3S. The van der Waals surface area contributed by atoms with Crippen LogP contribution >= 0.6 is 0 Å². The lowest BCUT2D eigenvalue weighted by atomic mass is 10.0. The van der Waals surface area contributed by atoms with Crippen LogP contribution in [0.25, 0.3) is 22.2 Å². The van der Waals surface area contributed by atoms with Gasteiger partial charge >= 0.3 is 12.4 Å². The number of hydrogen-bond acceptors (Lipinski definition) is 4. The van der Waals surface area contributed by atoms with Gasteiger partial charge in [-0.2, -0.15) is 26.3 Å². The van der Waals surface area contributed by atoms with E-state index in [9.17, 15) is 34.8 Å². The summed E-state index contributed by atoms with van der Waals surface area (Å²) in [7, 11) is -4.34. The van der Waals surface area contributed by atoms with Gasteiger partial charge in [0.2, 0.25) is 10.0 Å². The second-order valence-electron chi connectivity index (χ2n) is 7.28. The van der Waals surface area contributed by atoms with Gasteiger partial charge in [-0.3, -0.25) is 0 Å². The number of nitrogens with two attached hydrogens (primary N) is 1. The molecule has 0 aliphatic rings. The van der Waals surface area contributed by atoms with E-state index < -0.39 is 38.4 Å². The summed E-state index contributed by atoms with van der Waals surface area (Å²) < 4.78 is 106. The molecule has 0 fully saturated rings. The molecule has 0 radical (unpaired) electrons. The number of aromatic nitrogens is 2. The molecule has 0 bridgehead atoms. The molecule has 3 aromatic rings. The minimum absolute atomic E-state index is 0.0988. The van der Waals surface area contributed by atoms with Crippen molar-refractivity contribution in [3.05, 3.63) is 84.4 Å². The molecule has 0 aliphatic heterocycles. The molecular weight excluding hydrogens is 500 g/mol. The van der Waals surface area contributed by atoms with Gasteiger partial charge in [-0.25, -0.2) is 18.5 Å². The summed E-state index contributed by atoms with van der Waals surface area (Å²) in [6.45, 7) is 6.15. The highest BCUT2D eigenvalue weighted by Gasteiger charge is 2.32. The van der Waals surface area contributed by atoms with E-state index in [0.29, 0.717) is 29.2 Å². The number of allylic oxidation sites excluding steroid dienone is 3. The van der Waals surface area contributed by atoms with Crippen LogP contribution < -0.4 is 5.14 Å². The third-order valence-corrected chi connectivity index (χ3v) is 5.65. The Labute approximate surface area is 195 Å². The first-order chi connectivity index (χ1) is 16.1. The molecule has 1 heterocycles. The zero-order valence-electron chi connectivity index (χ0n) is 17.7. The van der Waals surface area contributed by atoms with E-state index >= 15 is 0 Å². The lowest BCUT2D eigenvalue weighted by Crippen LogP contribution is -2.15. The van der Waals surface area contributed by atoms with Crippen LogP contribution in [-0.4, -0.2) is 24.6 Å². The molecule has 35 heavy (non-hydrogen) atoms. The van der Waals surface area contributed by atoms with Gasteiger partial charge < -0.3 is 9.72 Å². The molecule has 0 saturated carbocycles. The van der Waals surface area contributed by atoms with E-state index in [0.717, 1.165) is 12.1 Å². The Morgan fingerprint density at radius 1 is 1.06 bits per heavy atom. The number of fused-ring (bicyclic) bond motifs is 1. The van der Waals surface area contributed by atoms with Crippen molar-refractivity contribution in [2.45, 2.75) is 23.9 Å². The summed E-state index contributed by atoms with van der Waals surface area (Å²) >= 11 is 0. The van der Waals surface area contributed by atoms with Crippen molar-refractivity contribution in [2.24, 2.45) is 5.14 Å². The van der Waals surface area contributed by atoms with Crippen molar-refractivity contribution in [2.75, 3.05) is 0 Å². The fourth-order valence-corrected chi connectivity index (χ4v) is 3.72. The molecule has 1 aromatic heterocycles. The first kappa shape index (κ1) is 26.0. The average Bonchev–Trinajstić information content (AvgIpc) is 3.15. The van der Waals surface area contributed by atoms with Gasteiger partial charge in [0.1, 0.15) is 18.2 Å². The van der Waals surface area contributed by atoms with E-state index in [4.69, 9.17) is 9.88 Å². The fraction of sp³-hybridized carbons (Fsp3) is 0.136. The van der Waals surface area contributed by atoms with Gasteiger partial charge in [0.05, 0.1) is 21.5 Å². The van der Waals surface area contributed by atoms with Gasteiger partial charge in [0, 0.05) is 11.1 Å². The summed E-state index contributed by atoms with van der Waals surface area (Å²) in [6.07, 6.45) is -7.61. The zero-order valence-corrected chi connectivity index (χ0v) is 18.5. The predicted octanol–water partition coefficient (Wildman–Crippen LogP) is 5.60. The number of primary sulfonamides is 1. The van der Waals surface area contributed by atoms with E-state index in [2.05, 4.69) is 23.1 Å². The van der Waals surface area contributed by atoms with Crippen molar-refractivity contribution in [3.63, 3.8) is 0 Å². The Kier molecular flexibility index (Phi) is 6.86. The number of ether oxygens (including phenoxy) is 1. The zero-order chi connectivity index (χ0) is 26.2. The second-order valence-corrected chi connectivity index (χ2v) is 8.81. The van der Waals surface area contributed by atoms with Gasteiger partial charge in [-0.1, -0.05) is 19.2 Å². The van der Waals surface area contributed by atoms with Crippen molar-refractivity contribution in [1.82, 2.24) is 9.97 Å². The van der Waals surface area contributed by atoms with Crippen LogP contribution in [0.1, 0.15) is 11.4 Å². The Bertz CT molecular complexity index is 1440. The molecule has 2 aromatic carbocycles. The minimum Gasteiger partial charge on any atom is -0.486 e. The lowest BCUT2D eigenvalue weighted by molar-refractivity contribution is -0.137. The van der Waals surface area contributed by atoms with Gasteiger partial charge in [-0.05, 0) is 48.0 Å². The van der Waals surface area contributed by atoms with Crippen molar-refractivity contribution in [1.29, 1.82) is 0 Å². The molecule has 0 unspecified atom stereocenters. The van der Waals surface area contributed by atoms with E-state index in [-0.39, 0.29) is 29.3 Å². The van der Waals surface area contributed by atoms with Gasteiger partial charge in [-0.15, -0.1) is 0 Å². The maximum absolute atomic E-state index is 13.2. The topological polar surface area (TPSA) is 98.1 Å². The first-order valence-electron chi connectivity index (χ1n) is 9.54. The number of nitrogens with zero attached hydrogens (tertiary/aromatic N) is 1. The Hall–Kier alpha value is -3.58. The quantitative estimate of drug-likeness (QED) is 0.242. The van der Waals surface area contributed by atoms with Crippen molar-refractivity contribution >= 4 is 21.1 Å². The van der Waals surface area contributed by atoms with Crippen LogP contribution in [0.15, 0.2) is 77.9 Å². The van der Waals surface area contributed by atoms with Gasteiger partial charge in [0.25, 0.3) is 0 Å². The maximum Gasteiger partial charge on any atom is 0.416 e. The van der Waals surface area contributed by atoms with Crippen LogP contribution in [0.5, 0.6) is 0 Å². The number of H-pyrrole nitrogens is 1. The Morgan fingerprint density at radius 2 is 1.74 bits per heavy atom. The van der Waals surface area contributed by atoms with E-state index in [1.165, 1.54) is 18.2 Å². The molecule has 0 amide bonds. The number of halogens is 6. The number of sulfonamides is 1. The van der Waals surface area contributed by atoms with Crippen LogP contribution in [0.4, 0.5) is 26.3 Å². The smallest absolute Gasteiger partial charge is 0.416 e. The summed E-state index contributed by atoms with van der Waals surface area (Å²) in [6, 6.07) is 6.31. The van der Waals surface area contributed by atoms with Crippen LogP contribution in [0.3, 0.4) is 0 Å². The first-order valence-corrected chi connectivity index (χ1v) is 11.1. The summed E-state index contributed by atoms with van der Waals surface area (Å²) in [5.74, 6) is 0.135. The molecule has 0 saturated heterocycles. The molecule has 186 valence electrons. The van der Waals surface area contributed by atoms with E-state index in [1.807, 2.05) is 0 Å². The number of rotatable bonds is 7. The molecule has 3 N–H and O–H groups in total. The van der Waals surface area contributed by atoms with Crippen LogP contribution in [0.2, 0.25) is 0 Å². The summed E-state index contributed by atoms with van der Waals surface area (Å²) in [4.78, 5) is 6.58. The van der Waals surface area contributed by atoms with Gasteiger partial charge in [0.15, 0.2) is 0 Å². The Morgan fingerprint density at radius 3 is 2.34 bits per heavy atom. The SMILES string of the molecule is C=C(/C=C\C(=C)C(F)(F)F)OCc1nc2ccc(-c3cc(C(F)(F)F)ccc3S(N)(=O)=O)cc2[nH]1. The number of aromatic amines is 1. The highest BCUT2D eigenvalue weighted by atomic mass is 32.2. The highest BCUT2D eigenvalue weighted by molar-refractivity contribution is 7.89. The van der Waals surface area contributed by atoms with E-state index in [1.54, 1.807) is 0 Å². The summed E-state index contributed by atoms with van der Waals surface area (Å²) in [5.41, 5.74) is -1.55. The second kappa shape index (κ2) is 9.23. The Balaban J connectivity index is 1.88. The van der Waals surface area contributed by atoms with Crippen molar-refractivity contribution in [3.8, 4) is 11.1 Å². The highest BCUT2D eigenvalue weighted by Crippen LogP contribution is 2.36. The van der Waals surface area contributed by atoms with Crippen LogP contribution in [-0.2, 0) is 27.5 Å². The molecule has 13 heteroatoms. The van der Waals surface area contributed by atoms with Crippen LogP contribution in [0, 0.1) is 0 Å². The third-order valence-electron chi connectivity index (χ3n) is 4.68. The number of hydrogen-bond donors (Lipinski definition) is 2. The normalized spacial score (nSPS) is 12.9. The summed E-state index contributed by atoms with van der Waals surface area (Å²) in [5, 5.41) is 5.18. The molecule has 0 spiro atoms. The molecule has 3 rings (SSSR count). The molecule has 6 nitrogen and oxygen atoms in total. The standard InChI is InChI=1S/C22H17F6N3O3S/c1-12(21(23,24)25)3-4-13(2)34-11-20-30-17-7-5-14(9-18(17)31-20)16-10-15(22(26,27)28)6-8-19(16)35(29,32)33/h3-10H,1-2,11H2,(H,30,31)(H2,29,32,33)/b4-3-.